The molecule has 2 rings (SSSR count). The molecule has 1 aromatic heterocycles. The Labute approximate surface area is 120 Å². The SMILES string of the molecule is CCOc1ccc(-c2cc(C(=O)O)ccn2)cc1[N+](=O)[O-]. The zero-order chi connectivity index (χ0) is 15.4. The van der Waals surface area contributed by atoms with Crippen molar-refractivity contribution in [1.29, 1.82) is 0 Å². The lowest BCUT2D eigenvalue weighted by Gasteiger charge is -2.06. The van der Waals surface area contributed by atoms with Gasteiger partial charge in [-0.15, -0.1) is 0 Å². The highest BCUT2D eigenvalue weighted by Gasteiger charge is 2.17. The molecule has 0 aliphatic carbocycles. The predicted octanol–water partition coefficient (Wildman–Crippen LogP) is 2.75. The van der Waals surface area contributed by atoms with Crippen LogP contribution in [0.2, 0.25) is 0 Å². The van der Waals surface area contributed by atoms with Gasteiger partial charge in [-0.05, 0) is 31.2 Å². The van der Waals surface area contributed by atoms with Gasteiger partial charge in [0, 0.05) is 17.8 Å². The molecule has 0 bridgehead atoms. The fourth-order valence-corrected chi connectivity index (χ4v) is 1.82. The van der Waals surface area contributed by atoms with Crippen LogP contribution in [-0.2, 0) is 0 Å². The van der Waals surface area contributed by atoms with Crippen LogP contribution in [0.3, 0.4) is 0 Å². The maximum absolute atomic E-state index is 11.1. The van der Waals surface area contributed by atoms with Gasteiger partial charge in [0.05, 0.1) is 22.8 Å². The maximum Gasteiger partial charge on any atom is 0.335 e. The molecule has 0 amide bonds. The van der Waals surface area contributed by atoms with E-state index in [0.717, 1.165) is 0 Å². The lowest BCUT2D eigenvalue weighted by Crippen LogP contribution is -1.99. The van der Waals surface area contributed by atoms with Gasteiger partial charge in [0.2, 0.25) is 0 Å². The molecule has 7 heteroatoms. The van der Waals surface area contributed by atoms with Crippen LogP contribution in [0.1, 0.15) is 17.3 Å². The second kappa shape index (κ2) is 6.00. The molecular formula is C14H12N2O5. The summed E-state index contributed by atoms with van der Waals surface area (Å²) in [6.07, 6.45) is 1.35. The first-order valence-corrected chi connectivity index (χ1v) is 6.14. The summed E-state index contributed by atoms with van der Waals surface area (Å²) in [5, 5.41) is 20.0. The summed E-state index contributed by atoms with van der Waals surface area (Å²) in [7, 11) is 0. The number of rotatable bonds is 5. The van der Waals surface area contributed by atoms with Crippen LogP contribution in [0.25, 0.3) is 11.3 Å². The van der Waals surface area contributed by atoms with Gasteiger partial charge in [-0.1, -0.05) is 0 Å². The fraction of sp³-hybridized carbons (Fsp3) is 0.143. The molecule has 2 aromatic rings. The smallest absolute Gasteiger partial charge is 0.335 e. The minimum atomic E-state index is -1.08. The molecule has 21 heavy (non-hydrogen) atoms. The minimum Gasteiger partial charge on any atom is -0.487 e. The van der Waals surface area contributed by atoms with Crippen LogP contribution in [0.4, 0.5) is 5.69 Å². The number of pyridine rings is 1. The van der Waals surface area contributed by atoms with E-state index in [4.69, 9.17) is 9.84 Å². The minimum absolute atomic E-state index is 0.0662. The van der Waals surface area contributed by atoms with E-state index in [1.165, 1.54) is 30.5 Å². The van der Waals surface area contributed by atoms with Gasteiger partial charge in [0.1, 0.15) is 0 Å². The molecule has 0 atom stereocenters. The van der Waals surface area contributed by atoms with Crippen molar-refractivity contribution >= 4 is 11.7 Å². The van der Waals surface area contributed by atoms with Crippen molar-refractivity contribution in [3.8, 4) is 17.0 Å². The van der Waals surface area contributed by atoms with Crippen molar-refractivity contribution in [1.82, 2.24) is 4.98 Å². The van der Waals surface area contributed by atoms with E-state index in [9.17, 15) is 14.9 Å². The van der Waals surface area contributed by atoms with E-state index in [-0.39, 0.29) is 17.0 Å². The number of aromatic carboxylic acids is 1. The Hall–Kier alpha value is -2.96. The Morgan fingerprint density at radius 1 is 1.38 bits per heavy atom. The zero-order valence-electron chi connectivity index (χ0n) is 11.1. The van der Waals surface area contributed by atoms with Gasteiger partial charge >= 0.3 is 11.7 Å². The van der Waals surface area contributed by atoms with E-state index in [1.54, 1.807) is 13.0 Å². The number of aromatic nitrogens is 1. The zero-order valence-corrected chi connectivity index (χ0v) is 11.1. The summed E-state index contributed by atoms with van der Waals surface area (Å²) < 4.78 is 5.19. The molecule has 0 saturated carbocycles. The van der Waals surface area contributed by atoms with Crippen LogP contribution in [0.15, 0.2) is 36.5 Å². The van der Waals surface area contributed by atoms with Crippen molar-refractivity contribution in [2.45, 2.75) is 6.92 Å². The van der Waals surface area contributed by atoms with E-state index in [1.807, 2.05) is 0 Å². The van der Waals surface area contributed by atoms with Crippen molar-refractivity contribution in [2.24, 2.45) is 0 Å². The van der Waals surface area contributed by atoms with E-state index in [0.29, 0.717) is 17.9 Å². The van der Waals surface area contributed by atoms with Gasteiger partial charge in [0.25, 0.3) is 0 Å². The lowest BCUT2D eigenvalue weighted by atomic mass is 10.1. The van der Waals surface area contributed by atoms with Gasteiger partial charge in [0.15, 0.2) is 5.75 Å². The summed E-state index contributed by atoms with van der Waals surface area (Å²) in [6, 6.07) is 7.12. The molecule has 0 spiro atoms. The number of carbonyl (C=O) groups is 1. The third-order valence-corrected chi connectivity index (χ3v) is 2.76. The highest BCUT2D eigenvalue weighted by atomic mass is 16.6. The number of hydrogen-bond acceptors (Lipinski definition) is 5. The van der Waals surface area contributed by atoms with E-state index in [2.05, 4.69) is 4.98 Å². The van der Waals surface area contributed by atoms with Crippen LogP contribution in [0, 0.1) is 10.1 Å². The molecule has 0 fully saturated rings. The standard InChI is InChI=1S/C14H12N2O5/c1-2-21-13-4-3-9(8-12(13)16(19)20)11-7-10(14(17)18)5-6-15-11/h3-8H,2H2,1H3,(H,17,18). The predicted molar refractivity (Wildman–Crippen MR) is 74.5 cm³/mol. The average Bonchev–Trinajstić information content (AvgIpc) is 2.48. The Morgan fingerprint density at radius 3 is 2.76 bits per heavy atom. The normalized spacial score (nSPS) is 10.1. The van der Waals surface area contributed by atoms with Crippen molar-refractivity contribution in [3.05, 3.63) is 52.2 Å². The van der Waals surface area contributed by atoms with Crippen molar-refractivity contribution < 1.29 is 19.6 Å². The number of nitrogens with zero attached hydrogens (tertiary/aromatic N) is 2. The summed E-state index contributed by atoms with van der Waals surface area (Å²) in [6.45, 7) is 2.04. The Kier molecular flexibility index (Phi) is 4.13. The lowest BCUT2D eigenvalue weighted by molar-refractivity contribution is -0.385. The molecule has 0 unspecified atom stereocenters. The molecule has 0 saturated heterocycles. The third kappa shape index (κ3) is 3.14. The first kappa shape index (κ1) is 14.4. The van der Waals surface area contributed by atoms with Crippen LogP contribution >= 0.6 is 0 Å². The number of benzene rings is 1. The molecule has 0 aliphatic rings. The van der Waals surface area contributed by atoms with Gasteiger partial charge in [-0.3, -0.25) is 15.1 Å². The monoisotopic (exact) mass is 288 g/mol. The number of nitro benzene ring substituents is 1. The molecule has 108 valence electrons. The molecule has 1 N–H and O–H groups in total. The highest BCUT2D eigenvalue weighted by molar-refractivity contribution is 5.88. The Bertz CT molecular complexity index is 700. The second-order valence-electron chi connectivity index (χ2n) is 4.11. The van der Waals surface area contributed by atoms with Gasteiger partial charge in [-0.25, -0.2) is 4.79 Å². The topological polar surface area (TPSA) is 103 Å². The van der Waals surface area contributed by atoms with Gasteiger partial charge in [-0.2, -0.15) is 0 Å². The molecule has 1 heterocycles. The third-order valence-electron chi connectivity index (χ3n) is 2.76. The number of hydrogen-bond donors (Lipinski definition) is 1. The molecular weight excluding hydrogens is 276 g/mol. The van der Waals surface area contributed by atoms with E-state index >= 15 is 0 Å². The van der Waals surface area contributed by atoms with Crippen molar-refractivity contribution in [2.75, 3.05) is 6.61 Å². The first-order valence-electron chi connectivity index (χ1n) is 6.14. The van der Waals surface area contributed by atoms with Crippen LogP contribution in [0.5, 0.6) is 5.75 Å². The Morgan fingerprint density at radius 2 is 2.14 bits per heavy atom. The number of carboxylic acid groups (broad SMARTS) is 1. The van der Waals surface area contributed by atoms with E-state index < -0.39 is 10.9 Å². The quantitative estimate of drug-likeness (QED) is 0.670. The molecule has 0 aliphatic heterocycles. The summed E-state index contributed by atoms with van der Waals surface area (Å²) in [5.41, 5.74) is 0.683. The number of carboxylic acids is 1. The summed E-state index contributed by atoms with van der Waals surface area (Å²) in [5.74, 6) is -0.917. The Balaban J connectivity index is 2.49. The van der Waals surface area contributed by atoms with Crippen LogP contribution < -0.4 is 4.74 Å². The molecule has 0 radical (unpaired) electrons. The average molecular weight is 288 g/mol. The number of nitro groups is 1. The second-order valence-corrected chi connectivity index (χ2v) is 4.11. The van der Waals surface area contributed by atoms with Crippen LogP contribution in [-0.4, -0.2) is 27.6 Å². The van der Waals surface area contributed by atoms with Gasteiger partial charge < -0.3 is 9.84 Å². The molecule has 1 aromatic carbocycles. The summed E-state index contributed by atoms with van der Waals surface area (Å²) >= 11 is 0. The number of ether oxygens (including phenoxy) is 1. The fourth-order valence-electron chi connectivity index (χ4n) is 1.82. The largest absolute Gasteiger partial charge is 0.487 e. The summed E-state index contributed by atoms with van der Waals surface area (Å²) in [4.78, 5) is 25.5. The molecule has 7 nitrogen and oxygen atoms in total. The maximum atomic E-state index is 11.1. The highest BCUT2D eigenvalue weighted by Crippen LogP contribution is 2.31. The first-order chi connectivity index (χ1) is 10.0. The van der Waals surface area contributed by atoms with Crippen molar-refractivity contribution in [3.63, 3.8) is 0 Å².